The zero-order valence-corrected chi connectivity index (χ0v) is 11.5. The van der Waals surface area contributed by atoms with Crippen LogP contribution < -0.4 is 4.72 Å². The van der Waals surface area contributed by atoms with Crippen LogP contribution in [0.2, 0.25) is 0 Å². The largest absolute Gasteiger partial charge is 0.283 e. The van der Waals surface area contributed by atoms with E-state index in [1.807, 2.05) is 0 Å². The van der Waals surface area contributed by atoms with E-state index in [4.69, 9.17) is 0 Å². The number of hydrogen-bond acceptors (Lipinski definition) is 4. The van der Waals surface area contributed by atoms with Gasteiger partial charge in [-0.25, -0.2) is 12.8 Å². The van der Waals surface area contributed by atoms with Crippen LogP contribution in [0.3, 0.4) is 0 Å². The molecule has 1 N–H and O–H groups in total. The lowest BCUT2D eigenvalue weighted by atomic mass is 10.2. The van der Waals surface area contributed by atoms with Gasteiger partial charge in [-0.1, -0.05) is 18.2 Å². The average Bonchev–Trinajstić information content (AvgIpc) is 2.41. The van der Waals surface area contributed by atoms with Crippen LogP contribution in [0.1, 0.15) is 5.56 Å². The second kappa shape index (κ2) is 5.88. The quantitative estimate of drug-likeness (QED) is 0.679. The van der Waals surface area contributed by atoms with Gasteiger partial charge >= 0.3 is 0 Å². The highest BCUT2D eigenvalue weighted by Crippen LogP contribution is 2.18. The van der Waals surface area contributed by atoms with E-state index in [0.717, 1.165) is 0 Å². The molecule has 0 spiro atoms. The minimum Gasteiger partial charge on any atom is -0.283 e. The Morgan fingerprint density at radius 3 is 2.29 bits per heavy atom. The van der Waals surface area contributed by atoms with E-state index in [1.54, 1.807) is 6.07 Å². The molecule has 0 aliphatic carbocycles. The molecule has 0 aromatic heterocycles. The monoisotopic (exact) mass is 310 g/mol. The maximum atomic E-state index is 13.4. The van der Waals surface area contributed by atoms with Crippen molar-refractivity contribution < 1.29 is 17.7 Å². The summed E-state index contributed by atoms with van der Waals surface area (Å²) in [6.07, 6.45) is 0. The molecule has 0 atom stereocenters. The van der Waals surface area contributed by atoms with Crippen LogP contribution in [0.15, 0.2) is 48.5 Å². The Morgan fingerprint density at radius 1 is 1.10 bits per heavy atom. The minimum atomic E-state index is -3.80. The molecule has 0 fully saturated rings. The van der Waals surface area contributed by atoms with Crippen LogP contribution in [0.5, 0.6) is 0 Å². The Bertz CT molecular complexity index is 760. The van der Waals surface area contributed by atoms with Gasteiger partial charge in [-0.15, -0.1) is 0 Å². The molecule has 0 amide bonds. The summed E-state index contributed by atoms with van der Waals surface area (Å²) < 4.78 is 39.5. The van der Waals surface area contributed by atoms with Crippen molar-refractivity contribution >= 4 is 21.4 Å². The van der Waals surface area contributed by atoms with E-state index in [0.29, 0.717) is 0 Å². The first kappa shape index (κ1) is 14.9. The molecule has 0 unspecified atom stereocenters. The summed E-state index contributed by atoms with van der Waals surface area (Å²) in [5.41, 5.74) is 0.0795. The summed E-state index contributed by atoms with van der Waals surface area (Å²) in [7, 11) is -3.80. The van der Waals surface area contributed by atoms with Gasteiger partial charge < -0.3 is 0 Å². The fourth-order valence-corrected chi connectivity index (χ4v) is 2.90. The molecular formula is C13H11FN2O4S. The van der Waals surface area contributed by atoms with Crippen LogP contribution in [0, 0.1) is 15.9 Å². The average molecular weight is 310 g/mol. The van der Waals surface area contributed by atoms with Crippen molar-refractivity contribution in [3.63, 3.8) is 0 Å². The first-order valence-electron chi connectivity index (χ1n) is 5.86. The van der Waals surface area contributed by atoms with Crippen molar-refractivity contribution in [3.05, 3.63) is 70.0 Å². The highest BCUT2D eigenvalue weighted by molar-refractivity contribution is 7.91. The molecule has 110 valence electrons. The first-order chi connectivity index (χ1) is 9.87. The van der Waals surface area contributed by atoms with E-state index in [9.17, 15) is 22.9 Å². The van der Waals surface area contributed by atoms with Gasteiger partial charge in [-0.05, 0) is 18.2 Å². The van der Waals surface area contributed by atoms with E-state index >= 15 is 0 Å². The summed E-state index contributed by atoms with van der Waals surface area (Å²) in [4.78, 5) is 9.92. The van der Waals surface area contributed by atoms with E-state index in [-0.39, 0.29) is 16.9 Å². The lowest BCUT2D eigenvalue weighted by molar-refractivity contribution is -0.384. The molecule has 2 aromatic rings. The number of non-ortho nitro benzene ring substituents is 1. The molecular weight excluding hydrogens is 299 g/mol. The van der Waals surface area contributed by atoms with Gasteiger partial charge in [-0.2, -0.15) is 0 Å². The Kier molecular flexibility index (Phi) is 4.18. The third kappa shape index (κ3) is 3.99. The third-order valence-corrected chi connectivity index (χ3v) is 3.89. The molecule has 6 nitrogen and oxygen atoms in total. The van der Waals surface area contributed by atoms with Crippen LogP contribution >= 0.6 is 0 Å². The second-order valence-corrected chi connectivity index (χ2v) is 5.98. The molecule has 0 saturated heterocycles. The summed E-state index contributed by atoms with van der Waals surface area (Å²) >= 11 is 0. The second-order valence-electron chi connectivity index (χ2n) is 4.26. The number of rotatable bonds is 5. The van der Waals surface area contributed by atoms with Crippen molar-refractivity contribution in [2.45, 2.75) is 5.75 Å². The number of benzene rings is 2. The zero-order valence-electron chi connectivity index (χ0n) is 10.7. The molecule has 2 rings (SSSR count). The molecule has 0 heterocycles. The first-order valence-corrected chi connectivity index (χ1v) is 7.51. The van der Waals surface area contributed by atoms with E-state index in [1.165, 1.54) is 42.5 Å². The number of hydrogen-bond donors (Lipinski definition) is 1. The molecule has 21 heavy (non-hydrogen) atoms. The highest BCUT2D eigenvalue weighted by Gasteiger charge is 2.15. The number of nitrogens with zero attached hydrogens (tertiary/aromatic N) is 1. The lowest BCUT2D eigenvalue weighted by Gasteiger charge is -2.08. The van der Waals surface area contributed by atoms with Gasteiger partial charge in [0.05, 0.1) is 10.7 Å². The summed E-state index contributed by atoms with van der Waals surface area (Å²) in [6, 6.07) is 10.5. The molecule has 0 saturated carbocycles. The molecule has 0 bridgehead atoms. The third-order valence-electron chi connectivity index (χ3n) is 2.65. The van der Waals surface area contributed by atoms with Crippen LogP contribution in [0.4, 0.5) is 15.8 Å². The van der Waals surface area contributed by atoms with Crippen molar-refractivity contribution in [1.82, 2.24) is 0 Å². The number of anilines is 1. The van der Waals surface area contributed by atoms with Crippen molar-refractivity contribution in [2.75, 3.05) is 4.72 Å². The number of nitro groups is 1. The van der Waals surface area contributed by atoms with Gasteiger partial charge in [0.1, 0.15) is 5.82 Å². The van der Waals surface area contributed by atoms with Crippen molar-refractivity contribution in [3.8, 4) is 0 Å². The number of nitrogens with one attached hydrogen (secondary N) is 1. The molecule has 0 aliphatic rings. The number of nitro benzene ring substituents is 1. The van der Waals surface area contributed by atoms with Gasteiger partial charge in [0.25, 0.3) is 5.69 Å². The lowest BCUT2D eigenvalue weighted by Crippen LogP contribution is -2.15. The molecule has 8 heteroatoms. The Balaban J connectivity index is 2.14. The summed E-state index contributed by atoms with van der Waals surface area (Å²) in [5, 5.41) is 10.5. The van der Waals surface area contributed by atoms with Crippen molar-refractivity contribution in [1.29, 1.82) is 0 Å². The van der Waals surface area contributed by atoms with E-state index in [2.05, 4.69) is 4.72 Å². The van der Waals surface area contributed by atoms with Gasteiger partial charge in [0.2, 0.25) is 10.0 Å². The van der Waals surface area contributed by atoms with E-state index < -0.39 is 26.5 Å². The smallest absolute Gasteiger partial charge is 0.269 e. The number of sulfonamides is 1. The van der Waals surface area contributed by atoms with Gasteiger partial charge in [0, 0.05) is 23.4 Å². The zero-order chi connectivity index (χ0) is 15.5. The van der Waals surface area contributed by atoms with Gasteiger partial charge in [-0.3, -0.25) is 14.8 Å². The fraction of sp³-hybridized carbons (Fsp3) is 0.0769. The standard InChI is InChI=1S/C13H11FN2O4S/c14-13-4-2-1-3-10(13)9-21(19,20)15-11-5-7-12(8-6-11)16(17)18/h1-8,15H,9H2. The predicted octanol–water partition coefficient (Wildman–Crippen LogP) is 2.68. The Hall–Kier alpha value is -2.48. The molecule has 0 aliphatic heterocycles. The summed E-state index contributed by atoms with van der Waals surface area (Å²) in [5.74, 6) is -1.12. The van der Waals surface area contributed by atoms with Crippen LogP contribution in [0.25, 0.3) is 0 Å². The van der Waals surface area contributed by atoms with Crippen LogP contribution in [-0.4, -0.2) is 13.3 Å². The van der Waals surface area contributed by atoms with Crippen LogP contribution in [-0.2, 0) is 15.8 Å². The predicted molar refractivity (Wildman–Crippen MR) is 75.7 cm³/mol. The number of halogens is 1. The molecule has 2 aromatic carbocycles. The highest BCUT2D eigenvalue weighted by atomic mass is 32.2. The fourth-order valence-electron chi connectivity index (χ4n) is 1.69. The maximum Gasteiger partial charge on any atom is 0.269 e. The Morgan fingerprint density at radius 2 is 1.71 bits per heavy atom. The van der Waals surface area contributed by atoms with Gasteiger partial charge in [0.15, 0.2) is 0 Å². The summed E-state index contributed by atoms with van der Waals surface area (Å²) in [6.45, 7) is 0. The molecule has 0 radical (unpaired) electrons. The maximum absolute atomic E-state index is 13.4. The normalized spacial score (nSPS) is 11.1. The SMILES string of the molecule is O=[N+]([O-])c1ccc(NS(=O)(=O)Cc2ccccc2F)cc1. The Labute approximate surface area is 120 Å². The van der Waals surface area contributed by atoms with Crippen molar-refractivity contribution in [2.24, 2.45) is 0 Å². The minimum absolute atomic E-state index is 0.0481. The topological polar surface area (TPSA) is 89.3 Å².